The van der Waals surface area contributed by atoms with Crippen molar-refractivity contribution in [1.29, 1.82) is 0 Å². The molecule has 0 bridgehead atoms. The minimum atomic E-state index is -0.242. The van der Waals surface area contributed by atoms with Crippen molar-refractivity contribution in [2.45, 2.75) is 39.8 Å². The van der Waals surface area contributed by atoms with Crippen molar-refractivity contribution in [3.05, 3.63) is 16.4 Å². The number of aliphatic hydroxyl groups is 1. The summed E-state index contributed by atoms with van der Waals surface area (Å²) in [6.07, 6.45) is 0.518. The summed E-state index contributed by atoms with van der Waals surface area (Å²) in [5.74, 6) is -0.242. The molecule has 1 rings (SSSR count). The Labute approximate surface area is 106 Å². The summed E-state index contributed by atoms with van der Waals surface area (Å²) in [7, 11) is 0. The average molecular weight is 260 g/mol. The van der Waals surface area contributed by atoms with Crippen LogP contribution >= 0.6 is 11.6 Å². The van der Waals surface area contributed by atoms with Gasteiger partial charge in [-0.15, -0.1) is 0 Å². The zero-order chi connectivity index (χ0) is 13.0. The van der Waals surface area contributed by atoms with Gasteiger partial charge in [0.15, 0.2) is 0 Å². The number of nitrogens with one attached hydrogen (secondary N) is 1. The second kappa shape index (κ2) is 6.02. The van der Waals surface area contributed by atoms with Crippen LogP contribution in [0.1, 0.15) is 36.3 Å². The summed E-state index contributed by atoms with van der Waals surface area (Å²) in [6, 6.07) is -0.0899. The average Bonchev–Trinajstić information content (AvgIpc) is 2.53. The minimum absolute atomic E-state index is 0.0440. The van der Waals surface area contributed by atoms with E-state index < -0.39 is 0 Å². The topological polar surface area (TPSA) is 67.2 Å². The number of carbonyl (C=O) groups is 1. The molecular formula is C11H18ClN3O2. The van der Waals surface area contributed by atoms with E-state index in [1.54, 1.807) is 11.6 Å². The van der Waals surface area contributed by atoms with Gasteiger partial charge < -0.3 is 10.4 Å². The van der Waals surface area contributed by atoms with E-state index in [1.807, 2.05) is 13.8 Å². The summed E-state index contributed by atoms with van der Waals surface area (Å²) in [5, 5.41) is 16.1. The monoisotopic (exact) mass is 259 g/mol. The highest BCUT2D eigenvalue weighted by molar-refractivity contribution is 6.33. The number of aromatic nitrogens is 2. The van der Waals surface area contributed by atoms with Gasteiger partial charge in [-0.25, -0.2) is 0 Å². The molecule has 96 valence electrons. The number of amides is 1. The fourth-order valence-corrected chi connectivity index (χ4v) is 1.96. The Morgan fingerprint density at radius 3 is 2.76 bits per heavy atom. The molecule has 1 aromatic rings. The lowest BCUT2D eigenvalue weighted by Crippen LogP contribution is -2.33. The van der Waals surface area contributed by atoms with Crippen LogP contribution in [0.15, 0.2) is 0 Å². The molecule has 1 aromatic heterocycles. The summed E-state index contributed by atoms with van der Waals surface area (Å²) < 4.78 is 1.59. The minimum Gasteiger partial charge on any atom is -0.396 e. The van der Waals surface area contributed by atoms with Gasteiger partial charge >= 0.3 is 0 Å². The highest BCUT2D eigenvalue weighted by atomic mass is 35.5. The molecule has 0 spiro atoms. The third-order valence-electron chi connectivity index (χ3n) is 2.53. The standard InChI is InChI=1S/C11H18ClN3O2/c1-4-15-10(12)9(8(3)14-15)11(17)13-7(2)5-6-16/h7,16H,4-6H2,1-3H3,(H,13,17). The zero-order valence-electron chi connectivity index (χ0n) is 10.3. The van der Waals surface area contributed by atoms with Crippen molar-refractivity contribution < 1.29 is 9.90 Å². The van der Waals surface area contributed by atoms with Crippen LogP contribution in [0, 0.1) is 6.92 Å². The number of nitrogens with zero attached hydrogens (tertiary/aromatic N) is 2. The molecule has 0 radical (unpaired) electrons. The van der Waals surface area contributed by atoms with Gasteiger partial charge in [-0.05, 0) is 27.2 Å². The Morgan fingerprint density at radius 1 is 1.65 bits per heavy atom. The van der Waals surface area contributed by atoms with Gasteiger partial charge in [0.1, 0.15) is 5.15 Å². The van der Waals surface area contributed by atoms with E-state index >= 15 is 0 Å². The van der Waals surface area contributed by atoms with Gasteiger partial charge in [0.25, 0.3) is 5.91 Å². The molecule has 0 aliphatic carbocycles. The molecule has 0 aromatic carbocycles. The Kier molecular flexibility index (Phi) is 4.96. The molecule has 6 heteroatoms. The number of aryl methyl sites for hydroxylation is 2. The Bertz CT molecular complexity index is 404. The van der Waals surface area contributed by atoms with E-state index in [0.29, 0.717) is 29.4 Å². The molecule has 2 N–H and O–H groups in total. The molecule has 17 heavy (non-hydrogen) atoms. The summed E-state index contributed by atoms with van der Waals surface area (Å²) >= 11 is 6.08. The van der Waals surface area contributed by atoms with Crippen molar-refractivity contribution in [3.8, 4) is 0 Å². The molecule has 0 fully saturated rings. The molecule has 5 nitrogen and oxygen atoms in total. The third kappa shape index (κ3) is 3.20. The van der Waals surface area contributed by atoms with Gasteiger partial charge in [-0.3, -0.25) is 9.48 Å². The first-order valence-corrected chi connectivity index (χ1v) is 6.03. The maximum Gasteiger partial charge on any atom is 0.256 e. The predicted octanol–water partition coefficient (Wildman–Crippen LogP) is 1.37. The van der Waals surface area contributed by atoms with Crippen LogP contribution in [0.25, 0.3) is 0 Å². The number of aliphatic hydroxyl groups excluding tert-OH is 1. The fraction of sp³-hybridized carbons (Fsp3) is 0.636. The lowest BCUT2D eigenvalue weighted by Gasteiger charge is -2.12. The molecule has 1 atom stereocenters. The first-order chi connectivity index (χ1) is 8.01. The highest BCUT2D eigenvalue weighted by Gasteiger charge is 2.20. The largest absolute Gasteiger partial charge is 0.396 e. The van der Waals surface area contributed by atoms with Crippen LogP contribution in [0.4, 0.5) is 0 Å². The van der Waals surface area contributed by atoms with Crippen molar-refractivity contribution in [3.63, 3.8) is 0 Å². The first kappa shape index (κ1) is 14.0. The van der Waals surface area contributed by atoms with Gasteiger partial charge in [0.05, 0.1) is 11.3 Å². The maximum atomic E-state index is 12.0. The summed E-state index contributed by atoms with van der Waals surface area (Å²) in [4.78, 5) is 12.0. The second-order valence-corrected chi connectivity index (χ2v) is 4.31. The SMILES string of the molecule is CCn1nc(C)c(C(=O)NC(C)CCO)c1Cl. The van der Waals surface area contributed by atoms with Gasteiger partial charge in [-0.2, -0.15) is 5.10 Å². The van der Waals surface area contributed by atoms with Gasteiger partial charge in [0.2, 0.25) is 0 Å². The van der Waals surface area contributed by atoms with Crippen LogP contribution in [0.3, 0.4) is 0 Å². The van der Waals surface area contributed by atoms with Crippen LogP contribution in [0.5, 0.6) is 0 Å². The third-order valence-corrected chi connectivity index (χ3v) is 2.92. The molecule has 0 aliphatic rings. The van der Waals surface area contributed by atoms with E-state index in [0.717, 1.165) is 0 Å². The normalized spacial score (nSPS) is 12.5. The van der Waals surface area contributed by atoms with E-state index in [1.165, 1.54) is 0 Å². The zero-order valence-corrected chi connectivity index (χ0v) is 11.1. The van der Waals surface area contributed by atoms with Crippen molar-refractivity contribution >= 4 is 17.5 Å². The second-order valence-electron chi connectivity index (χ2n) is 3.95. The van der Waals surface area contributed by atoms with E-state index in [4.69, 9.17) is 16.7 Å². The molecule has 0 saturated heterocycles. The van der Waals surface area contributed by atoms with Crippen LogP contribution < -0.4 is 5.32 Å². The number of rotatable bonds is 5. The Morgan fingerprint density at radius 2 is 2.29 bits per heavy atom. The van der Waals surface area contributed by atoms with Crippen LogP contribution in [-0.4, -0.2) is 33.4 Å². The van der Waals surface area contributed by atoms with Gasteiger partial charge in [-0.1, -0.05) is 11.6 Å². The summed E-state index contributed by atoms with van der Waals surface area (Å²) in [5.41, 5.74) is 1.03. The van der Waals surface area contributed by atoms with Crippen molar-refractivity contribution in [2.24, 2.45) is 0 Å². The number of carbonyl (C=O) groups excluding carboxylic acids is 1. The molecule has 0 aliphatic heterocycles. The lowest BCUT2D eigenvalue weighted by atomic mass is 10.2. The molecule has 0 saturated carbocycles. The quantitative estimate of drug-likeness (QED) is 0.839. The molecule has 1 unspecified atom stereocenters. The van der Waals surface area contributed by atoms with Gasteiger partial charge in [0, 0.05) is 19.2 Å². The predicted molar refractivity (Wildman–Crippen MR) is 66.3 cm³/mol. The highest BCUT2D eigenvalue weighted by Crippen LogP contribution is 2.19. The lowest BCUT2D eigenvalue weighted by molar-refractivity contribution is 0.0934. The smallest absolute Gasteiger partial charge is 0.256 e. The van der Waals surface area contributed by atoms with Crippen LogP contribution in [0.2, 0.25) is 5.15 Å². The van der Waals surface area contributed by atoms with Crippen molar-refractivity contribution in [1.82, 2.24) is 15.1 Å². The Hall–Kier alpha value is -1.07. The molecular weight excluding hydrogens is 242 g/mol. The fourth-order valence-electron chi connectivity index (χ4n) is 1.58. The van der Waals surface area contributed by atoms with Crippen molar-refractivity contribution in [2.75, 3.05) is 6.61 Å². The number of hydrogen-bond donors (Lipinski definition) is 2. The Balaban J connectivity index is 2.85. The van der Waals surface area contributed by atoms with E-state index in [-0.39, 0.29) is 18.6 Å². The maximum absolute atomic E-state index is 12.0. The van der Waals surface area contributed by atoms with E-state index in [9.17, 15) is 4.79 Å². The molecule has 1 amide bonds. The van der Waals surface area contributed by atoms with E-state index in [2.05, 4.69) is 10.4 Å². The first-order valence-electron chi connectivity index (χ1n) is 5.65. The molecule has 1 heterocycles. The summed E-state index contributed by atoms with van der Waals surface area (Å²) in [6.45, 7) is 6.17. The number of hydrogen-bond acceptors (Lipinski definition) is 3. The number of halogens is 1. The van der Waals surface area contributed by atoms with Crippen LogP contribution in [-0.2, 0) is 6.54 Å².